The van der Waals surface area contributed by atoms with Gasteiger partial charge in [-0.3, -0.25) is 4.98 Å². The van der Waals surface area contributed by atoms with Crippen molar-refractivity contribution in [2.45, 2.75) is 27.2 Å². The van der Waals surface area contributed by atoms with Crippen LogP contribution in [0.15, 0.2) is 24.4 Å². The highest BCUT2D eigenvalue weighted by Gasteiger charge is 2.10. The predicted molar refractivity (Wildman–Crippen MR) is 73.5 cm³/mol. The van der Waals surface area contributed by atoms with Crippen LogP contribution in [-0.4, -0.2) is 21.5 Å². The summed E-state index contributed by atoms with van der Waals surface area (Å²) < 4.78 is 0. The quantitative estimate of drug-likeness (QED) is 0.895. The molecule has 2 rings (SSSR count). The normalized spacial score (nSPS) is 10.4. The first-order valence-electron chi connectivity index (χ1n) is 6.29. The fourth-order valence-electron chi connectivity index (χ4n) is 1.86. The molecule has 94 valence electrons. The van der Waals surface area contributed by atoms with Crippen molar-refractivity contribution in [2.75, 3.05) is 11.9 Å². The summed E-state index contributed by atoms with van der Waals surface area (Å²) in [5, 5.41) is 3.28. The van der Waals surface area contributed by atoms with Gasteiger partial charge in [0.05, 0.1) is 0 Å². The monoisotopic (exact) mass is 242 g/mol. The van der Waals surface area contributed by atoms with E-state index in [9.17, 15) is 0 Å². The Bertz CT molecular complexity index is 523. The second-order valence-corrected chi connectivity index (χ2v) is 4.07. The summed E-state index contributed by atoms with van der Waals surface area (Å²) in [7, 11) is 0. The van der Waals surface area contributed by atoms with Crippen molar-refractivity contribution in [3.05, 3.63) is 35.7 Å². The largest absolute Gasteiger partial charge is 0.370 e. The maximum Gasteiger partial charge on any atom is 0.180 e. The molecule has 0 unspecified atom stereocenters. The molecule has 2 heterocycles. The molecule has 0 aliphatic carbocycles. The fourth-order valence-corrected chi connectivity index (χ4v) is 1.86. The van der Waals surface area contributed by atoms with Crippen LogP contribution in [0.1, 0.15) is 25.1 Å². The fraction of sp³-hybridized carbons (Fsp3) is 0.357. The van der Waals surface area contributed by atoms with Gasteiger partial charge in [-0.1, -0.05) is 13.0 Å². The van der Waals surface area contributed by atoms with Crippen LogP contribution in [0.5, 0.6) is 0 Å². The van der Waals surface area contributed by atoms with Gasteiger partial charge in [0, 0.05) is 24.0 Å². The van der Waals surface area contributed by atoms with E-state index in [1.165, 1.54) is 0 Å². The summed E-state index contributed by atoms with van der Waals surface area (Å²) in [5.41, 5.74) is 3.01. The number of anilines is 1. The molecule has 0 spiro atoms. The van der Waals surface area contributed by atoms with E-state index in [4.69, 9.17) is 0 Å². The number of nitrogens with one attached hydrogen (secondary N) is 1. The molecule has 0 aromatic carbocycles. The van der Waals surface area contributed by atoms with Crippen LogP contribution in [0.4, 0.5) is 5.82 Å². The molecule has 0 fully saturated rings. The molecule has 0 saturated heterocycles. The Morgan fingerprint density at radius 2 is 2.00 bits per heavy atom. The summed E-state index contributed by atoms with van der Waals surface area (Å²) in [6.45, 7) is 7.07. The Morgan fingerprint density at radius 3 is 2.61 bits per heavy atom. The van der Waals surface area contributed by atoms with Gasteiger partial charge >= 0.3 is 0 Å². The Labute approximate surface area is 108 Å². The van der Waals surface area contributed by atoms with Gasteiger partial charge in [0.2, 0.25) is 0 Å². The van der Waals surface area contributed by atoms with Crippen molar-refractivity contribution in [2.24, 2.45) is 0 Å². The summed E-state index contributed by atoms with van der Waals surface area (Å²) in [6, 6.07) is 5.77. The highest BCUT2D eigenvalue weighted by Crippen LogP contribution is 2.20. The van der Waals surface area contributed by atoms with Gasteiger partial charge in [-0.15, -0.1) is 0 Å². The summed E-state index contributed by atoms with van der Waals surface area (Å²) in [5.74, 6) is 1.60. The number of hydrogen-bond donors (Lipinski definition) is 1. The molecule has 0 bridgehead atoms. The minimum Gasteiger partial charge on any atom is -0.370 e. The van der Waals surface area contributed by atoms with Gasteiger partial charge in [0.1, 0.15) is 11.5 Å². The molecular formula is C14H18N4. The maximum atomic E-state index is 4.59. The average molecular weight is 242 g/mol. The van der Waals surface area contributed by atoms with E-state index >= 15 is 0 Å². The van der Waals surface area contributed by atoms with Crippen LogP contribution in [-0.2, 0) is 6.42 Å². The van der Waals surface area contributed by atoms with Crippen LogP contribution < -0.4 is 5.32 Å². The highest BCUT2D eigenvalue weighted by molar-refractivity contribution is 5.56. The maximum absolute atomic E-state index is 4.59. The van der Waals surface area contributed by atoms with Crippen molar-refractivity contribution in [3.63, 3.8) is 0 Å². The first kappa shape index (κ1) is 12.5. The van der Waals surface area contributed by atoms with Gasteiger partial charge in [-0.25, -0.2) is 9.97 Å². The lowest BCUT2D eigenvalue weighted by molar-refractivity contribution is 0.965. The number of rotatable bonds is 4. The SMILES string of the molecule is CCNc1nc(-c2ccccn2)nc(CC)c1C. The van der Waals surface area contributed by atoms with E-state index < -0.39 is 0 Å². The van der Waals surface area contributed by atoms with E-state index in [0.29, 0.717) is 5.82 Å². The van der Waals surface area contributed by atoms with Crippen molar-refractivity contribution >= 4 is 5.82 Å². The minimum absolute atomic E-state index is 0.689. The van der Waals surface area contributed by atoms with E-state index in [1.807, 2.05) is 18.2 Å². The molecular weight excluding hydrogens is 224 g/mol. The van der Waals surface area contributed by atoms with Gasteiger partial charge < -0.3 is 5.32 Å². The third kappa shape index (κ3) is 2.47. The standard InChI is InChI=1S/C14H18N4/c1-4-11-10(3)13(15-5-2)18-14(17-11)12-8-6-7-9-16-12/h6-9H,4-5H2,1-3H3,(H,15,17,18). The molecule has 0 radical (unpaired) electrons. The first-order chi connectivity index (χ1) is 8.76. The first-order valence-corrected chi connectivity index (χ1v) is 6.29. The van der Waals surface area contributed by atoms with Gasteiger partial charge in [0.25, 0.3) is 0 Å². The Kier molecular flexibility index (Phi) is 3.87. The van der Waals surface area contributed by atoms with Gasteiger partial charge in [0.15, 0.2) is 5.82 Å². The number of pyridine rings is 1. The zero-order valence-electron chi connectivity index (χ0n) is 11.1. The van der Waals surface area contributed by atoms with Crippen molar-refractivity contribution in [1.29, 1.82) is 0 Å². The zero-order valence-corrected chi connectivity index (χ0v) is 11.1. The van der Waals surface area contributed by atoms with Crippen molar-refractivity contribution < 1.29 is 0 Å². The molecule has 0 aliphatic heterocycles. The molecule has 4 heteroatoms. The summed E-state index contributed by atoms with van der Waals surface area (Å²) in [6.07, 6.45) is 2.66. The highest BCUT2D eigenvalue weighted by atomic mass is 15.0. The van der Waals surface area contributed by atoms with E-state index in [0.717, 1.165) is 35.7 Å². The molecule has 0 aliphatic rings. The Hall–Kier alpha value is -1.97. The molecule has 18 heavy (non-hydrogen) atoms. The third-order valence-corrected chi connectivity index (χ3v) is 2.82. The molecule has 1 N–H and O–H groups in total. The zero-order chi connectivity index (χ0) is 13.0. The molecule has 0 saturated carbocycles. The van der Waals surface area contributed by atoms with E-state index in [2.05, 4.69) is 41.0 Å². The summed E-state index contributed by atoms with van der Waals surface area (Å²) in [4.78, 5) is 13.4. The second-order valence-electron chi connectivity index (χ2n) is 4.07. The van der Waals surface area contributed by atoms with E-state index in [1.54, 1.807) is 6.20 Å². The summed E-state index contributed by atoms with van der Waals surface area (Å²) >= 11 is 0. The lowest BCUT2D eigenvalue weighted by atomic mass is 10.2. The molecule has 0 amide bonds. The third-order valence-electron chi connectivity index (χ3n) is 2.82. The Balaban J connectivity index is 2.52. The lowest BCUT2D eigenvalue weighted by Gasteiger charge is -2.11. The molecule has 4 nitrogen and oxygen atoms in total. The predicted octanol–water partition coefficient (Wildman–Crippen LogP) is 2.84. The van der Waals surface area contributed by atoms with Crippen LogP contribution in [0.2, 0.25) is 0 Å². The van der Waals surface area contributed by atoms with Crippen molar-refractivity contribution in [3.8, 4) is 11.5 Å². The smallest absolute Gasteiger partial charge is 0.180 e. The molecule has 0 atom stereocenters. The van der Waals surface area contributed by atoms with Crippen molar-refractivity contribution in [1.82, 2.24) is 15.0 Å². The van der Waals surface area contributed by atoms with Crippen LogP contribution in [0.3, 0.4) is 0 Å². The number of aryl methyl sites for hydroxylation is 1. The van der Waals surface area contributed by atoms with Gasteiger partial charge in [-0.2, -0.15) is 0 Å². The topological polar surface area (TPSA) is 50.7 Å². The number of hydrogen-bond acceptors (Lipinski definition) is 4. The second kappa shape index (κ2) is 5.58. The average Bonchev–Trinajstić information content (AvgIpc) is 2.42. The lowest BCUT2D eigenvalue weighted by Crippen LogP contribution is -2.07. The Morgan fingerprint density at radius 1 is 1.17 bits per heavy atom. The van der Waals surface area contributed by atoms with Crippen LogP contribution in [0, 0.1) is 6.92 Å². The van der Waals surface area contributed by atoms with Gasteiger partial charge in [-0.05, 0) is 32.4 Å². The van der Waals surface area contributed by atoms with E-state index in [-0.39, 0.29) is 0 Å². The van der Waals surface area contributed by atoms with Crippen LogP contribution >= 0.6 is 0 Å². The minimum atomic E-state index is 0.689. The molecule has 2 aromatic rings. The van der Waals surface area contributed by atoms with Crippen LogP contribution in [0.25, 0.3) is 11.5 Å². The molecule has 2 aromatic heterocycles. The number of aromatic nitrogens is 3. The number of nitrogens with zero attached hydrogens (tertiary/aromatic N) is 3.